The molecular formula is C19H27NO4. The molecule has 1 saturated carbocycles. The van der Waals surface area contributed by atoms with E-state index in [-0.39, 0.29) is 11.8 Å². The van der Waals surface area contributed by atoms with Gasteiger partial charge in [-0.05, 0) is 61.9 Å². The average molecular weight is 333 g/mol. The maximum atomic E-state index is 11.1. The molecule has 24 heavy (non-hydrogen) atoms. The first kappa shape index (κ1) is 16.3. The zero-order chi connectivity index (χ0) is 16.9. The molecule has 0 radical (unpaired) electrons. The summed E-state index contributed by atoms with van der Waals surface area (Å²) in [4.78, 5) is 0. The van der Waals surface area contributed by atoms with Crippen LogP contribution in [-0.4, -0.2) is 52.3 Å². The lowest BCUT2D eigenvalue weighted by Gasteiger charge is -2.65. The van der Waals surface area contributed by atoms with E-state index >= 15 is 0 Å². The average Bonchev–Trinajstić information content (AvgIpc) is 2.57. The lowest BCUT2D eigenvalue weighted by molar-refractivity contribution is -0.225. The Kier molecular flexibility index (Phi) is 3.88. The van der Waals surface area contributed by atoms with E-state index in [2.05, 4.69) is 12.2 Å². The van der Waals surface area contributed by atoms with E-state index in [4.69, 9.17) is 4.74 Å². The van der Waals surface area contributed by atoms with E-state index in [1.807, 2.05) is 6.07 Å². The van der Waals surface area contributed by atoms with Crippen molar-refractivity contribution in [1.82, 2.24) is 5.32 Å². The van der Waals surface area contributed by atoms with Gasteiger partial charge in [-0.2, -0.15) is 0 Å². The van der Waals surface area contributed by atoms with E-state index < -0.39 is 23.2 Å². The summed E-state index contributed by atoms with van der Waals surface area (Å²) in [6.45, 7) is 3.50. The van der Waals surface area contributed by atoms with Crippen LogP contribution in [0.3, 0.4) is 0 Å². The van der Waals surface area contributed by atoms with Gasteiger partial charge in [-0.1, -0.05) is 13.0 Å². The van der Waals surface area contributed by atoms with Crippen molar-refractivity contribution in [3.05, 3.63) is 29.3 Å². The Balaban J connectivity index is 1.95. The first-order valence-corrected chi connectivity index (χ1v) is 9.11. The smallest absolute Gasteiger partial charge is 0.115 e. The number of ether oxygens (including phenoxy) is 1. The predicted octanol–water partition coefficient (Wildman–Crippen LogP) is 1.23. The number of aromatic hydroxyl groups is 1. The van der Waals surface area contributed by atoms with E-state index in [0.29, 0.717) is 19.4 Å². The van der Waals surface area contributed by atoms with Crippen molar-refractivity contribution >= 4 is 0 Å². The first-order valence-electron chi connectivity index (χ1n) is 9.11. The molecule has 3 aliphatic rings. The fraction of sp³-hybridized carbons (Fsp3) is 0.684. The third-order valence-corrected chi connectivity index (χ3v) is 6.47. The number of aliphatic hydroxyl groups is 2. The van der Waals surface area contributed by atoms with Gasteiger partial charge in [0.1, 0.15) is 5.75 Å². The SMILES string of the molecule is CCCO[C@@]12CCC(O)C(O)[C@@]13CCN[C@@H]2Cc1ccc(O)cc13. The van der Waals surface area contributed by atoms with Crippen LogP contribution in [0.5, 0.6) is 5.75 Å². The van der Waals surface area contributed by atoms with Crippen LogP contribution in [0.25, 0.3) is 0 Å². The Morgan fingerprint density at radius 1 is 1.29 bits per heavy atom. The van der Waals surface area contributed by atoms with Crippen LogP contribution < -0.4 is 5.32 Å². The molecule has 0 aromatic heterocycles. The van der Waals surface area contributed by atoms with Crippen LogP contribution in [0.1, 0.15) is 43.7 Å². The van der Waals surface area contributed by atoms with Gasteiger partial charge in [0.05, 0.1) is 23.2 Å². The molecule has 4 N–H and O–H groups in total. The largest absolute Gasteiger partial charge is 0.508 e. The molecular weight excluding hydrogens is 306 g/mol. The summed E-state index contributed by atoms with van der Waals surface area (Å²) in [5.41, 5.74) is 0.902. The number of phenolic OH excluding ortho intramolecular Hbond substituents is 1. The molecule has 1 aliphatic heterocycles. The number of aliphatic hydroxyl groups excluding tert-OH is 2. The van der Waals surface area contributed by atoms with E-state index in [0.717, 1.165) is 36.9 Å². The monoisotopic (exact) mass is 333 g/mol. The van der Waals surface area contributed by atoms with Crippen molar-refractivity contribution in [3.8, 4) is 5.75 Å². The van der Waals surface area contributed by atoms with E-state index in [9.17, 15) is 15.3 Å². The molecule has 5 nitrogen and oxygen atoms in total. The Hall–Kier alpha value is -1.14. The zero-order valence-corrected chi connectivity index (χ0v) is 14.2. The summed E-state index contributed by atoms with van der Waals surface area (Å²) in [6, 6.07) is 5.56. The van der Waals surface area contributed by atoms with Crippen molar-refractivity contribution in [3.63, 3.8) is 0 Å². The maximum absolute atomic E-state index is 11.1. The molecule has 5 atom stereocenters. The van der Waals surface area contributed by atoms with Crippen molar-refractivity contribution in [2.45, 2.75) is 68.3 Å². The number of hydrogen-bond donors (Lipinski definition) is 4. The molecule has 1 heterocycles. The summed E-state index contributed by atoms with van der Waals surface area (Å²) < 4.78 is 6.48. The van der Waals surface area contributed by atoms with E-state index in [1.54, 1.807) is 12.1 Å². The van der Waals surface area contributed by atoms with Gasteiger partial charge in [-0.3, -0.25) is 0 Å². The van der Waals surface area contributed by atoms with Crippen molar-refractivity contribution in [1.29, 1.82) is 0 Å². The zero-order valence-electron chi connectivity index (χ0n) is 14.2. The molecule has 132 valence electrons. The van der Waals surface area contributed by atoms with Crippen LogP contribution in [-0.2, 0) is 16.6 Å². The quantitative estimate of drug-likeness (QED) is 0.669. The molecule has 4 rings (SSSR count). The lowest BCUT2D eigenvalue weighted by Crippen LogP contribution is -2.78. The van der Waals surface area contributed by atoms with Gasteiger partial charge in [0, 0.05) is 12.6 Å². The minimum absolute atomic E-state index is 0.122. The lowest BCUT2D eigenvalue weighted by atomic mass is 9.48. The van der Waals surface area contributed by atoms with Crippen LogP contribution in [0.4, 0.5) is 0 Å². The minimum atomic E-state index is -0.881. The second-order valence-corrected chi connectivity index (χ2v) is 7.56. The van der Waals surface area contributed by atoms with Gasteiger partial charge in [-0.25, -0.2) is 0 Å². The minimum Gasteiger partial charge on any atom is -0.508 e. The Morgan fingerprint density at radius 3 is 2.92 bits per heavy atom. The first-order chi connectivity index (χ1) is 11.5. The molecule has 1 aromatic carbocycles. The molecule has 2 aliphatic carbocycles. The molecule has 5 heteroatoms. The highest BCUT2D eigenvalue weighted by Gasteiger charge is 2.68. The van der Waals surface area contributed by atoms with Gasteiger partial charge in [0.25, 0.3) is 0 Å². The standard InChI is InChI=1S/C19H27NO4/c1-2-9-24-19-6-5-15(22)17(23)18(19)7-8-20-16(19)10-12-3-4-13(21)11-14(12)18/h3-4,11,15-17,20-23H,2,5-10H2,1H3/t15?,16-,17?,18+,19-/m1/s1. The Morgan fingerprint density at radius 2 is 2.12 bits per heavy atom. The number of benzene rings is 1. The second kappa shape index (κ2) is 5.70. The third-order valence-electron chi connectivity index (χ3n) is 6.47. The van der Waals surface area contributed by atoms with Gasteiger partial charge < -0.3 is 25.4 Å². The highest BCUT2D eigenvalue weighted by molar-refractivity contribution is 5.49. The van der Waals surface area contributed by atoms with Crippen LogP contribution >= 0.6 is 0 Å². The molecule has 2 fully saturated rings. The van der Waals surface area contributed by atoms with Crippen LogP contribution in [0.2, 0.25) is 0 Å². The van der Waals surface area contributed by atoms with Gasteiger partial charge in [-0.15, -0.1) is 0 Å². The summed E-state index contributed by atoms with van der Waals surface area (Å²) >= 11 is 0. The predicted molar refractivity (Wildman–Crippen MR) is 90.1 cm³/mol. The summed E-state index contributed by atoms with van der Waals surface area (Å²) in [5, 5.41) is 35.3. The number of rotatable bonds is 3. The number of nitrogens with one attached hydrogen (secondary N) is 1. The second-order valence-electron chi connectivity index (χ2n) is 7.56. The van der Waals surface area contributed by atoms with Gasteiger partial charge >= 0.3 is 0 Å². The van der Waals surface area contributed by atoms with Crippen molar-refractivity contribution in [2.75, 3.05) is 13.2 Å². The highest BCUT2D eigenvalue weighted by Crippen LogP contribution is 2.58. The maximum Gasteiger partial charge on any atom is 0.115 e. The third kappa shape index (κ3) is 1.96. The molecule has 2 unspecified atom stereocenters. The number of phenols is 1. The van der Waals surface area contributed by atoms with Crippen LogP contribution in [0.15, 0.2) is 18.2 Å². The number of hydrogen-bond acceptors (Lipinski definition) is 5. The van der Waals surface area contributed by atoms with Gasteiger partial charge in [0.2, 0.25) is 0 Å². The summed E-state index contributed by atoms with van der Waals surface area (Å²) in [5.74, 6) is 0.205. The molecule has 2 bridgehead atoms. The Labute approximate surface area is 142 Å². The summed E-state index contributed by atoms with van der Waals surface area (Å²) in [6.07, 6.45) is 2.06. The highest BCUT2D eigenvalue weighted by atomic mass is 16.5. The van der Waals surface area contributed by atoms with Gasteiger partial charge in [0.15, 0.2) is 0 Å². The molecule has 1 aromatic rings. The molecule has 1 saturated heterocycles. The topological polar surface area (TPSA) is 82.0 Å². The fourth-order valence-electron chi connectivity index (χ4n) is 5.50. The molecule has 0 amide bonds. The number of fused-ring (bicyclic) bond motifs is 1. The Bertz CT molecular complexity index is 632. The summed E-state index contributed by atoms with van der Waals surface area (Å²) in [7, 11) is 0. The van der Waals surface area contributed by atoms with Crippen LogP contribution in [0, 0.1) is 0 Å². The van der Waals surface area contributed by atoms with Crippen molar-refractivity contribution in [2.24, 2.45) is 0 Å². The van der Waals surface area contributed by atoms with E-state index in [1.165, 1.54) is 0 Å². The fourth-order valence-corrected chi connectivity index (χ4v) is 5.50. The van der Waals surface area contributed by atoms with Crippen molar-refractivity contribution < 1.29 is 20.1 Å². The number of piperidine rings is 1. The molecule has 0 spiro atoms. The normalized spacial score (nSPS) is 40.7.